The Morgan fingerprint density at radius 3 is 2.57 bits per heavy atom. The molecular formula is C21H25ClN4O3S. The van der Waals surface area contributed by atoms with Gasteiger partial charge in [-0.2, -0.15) is 4.31 Å². The van der Waals surface area contributed by atoms with Gasteiger partial charge in [0.25, 0.3) is 0 Å². The molecule has 0 radical (unpaired) electrons. The van der Waals surface area contributed by atoms with E-state index >= 15 is 0 Å². The van der Waals surface area contributed by atoms with Crippen molar-refractivity contribution in [1.29, 1.82) is 0 Å². The molecule has 2 saturated heterocycles. The van der Waals surface area contributed by atoms with Crippen LogP contribution in [0.3, 0.4) is 0 Å². The van der Waals surface area contributed by atoms with E-state index in [0.29, 0.717) is 44.3 Å². The van der Waals surface area contributed by atoms with Crippen LogP contribution in [0.2, 0.25) is 5.02 Å². The first-order valence-electron chi connectivity index (χ1n) is 10.0. The molecule has 30 heavy (non-hydrogen) atoms. The van der Waals surface area contributed by atoms with E-state index in [2.05, 4.69) is 9.88 Å². The Labute approximate surface area is 182 Å². The third-order valence-electron chi connectivity index (χ3n) is 5.85. The summed E-state index contributed by atoms with van der Waals surface area (Å²) in [5.41, 5.74) is 1.75. The fourth-order valence-electron chi connectivity index (χ4n) is 4.11. The number of hydrogen-bond donors (Lipinski definition) is 0. The third kappa shape index (κ3) is 4.23. The first kappa shape index (κ1) is 21.2. The number of benzene rings is 1. The van der Waals surface area contributed by atoms with Crippen molar-refractivity contribution in [3.8, 4) is 0 Å². The van der Waals surface area contributed by atoms with Crippen molar-refractivity contribution in [2.24, 2.45) is 0 Å². The molecule has 1 aromatic heterocycles. The van der Waals surface area contributed by atoms with Gasteiger partial charge in [0, 0.05) is 56.7 Å². The summed E-state index contributed by atoms with van der Waals surface area (Å²) in [6.45, 7) is 4.90. The number of amides is 1. The lowest BCUT2D eigenvalue weighted by Gasteiger charge is -2.36. The number of halogens is 1. The SMILES string of the molecule is Cc1cc(S(=O)(=O)N2CCN(C3CCN(Cc4cccnc4)C3=O)CC2)ccc1Cl. The van der Waals surface area contributed by atoms with Gasteiger partial charge in [0.1, 0.15) is 0 Å². The third-order valence-corrected chi connectivity index (χ3v) is 8.17. The number of carbonyl (C=O) groups excluding carboxylic acids is 1. The van der Waals surface area contributed by atoms with Crippen LogP contribution in [-0.4, -0.2) is 72.2 Å². The number of aromatic nitrogens is 1. The maximum Gasteiger partial charge on any atom is 0.243 e. The average molecular weight is 449 g/mol. The van der Waals surface area contributed by atoms with Crippen LogP contribution in [0, 0.1) is 6.92 Å². The van der Waals surface area contributed by atoms with Crippen LogP contribution < -0.4 is 0 Å². The molecule has 0 saturated carbocycles. The van der Waals surface area contributed by atoms with Crippen LogP contribution in [0.15, 0.2) is 47.6 Å². The van der Waals surface area contributed by atoms with E-state index in [9.17, 15) is 13.2 Å². The molecule has 2 aromatic rings. The number of nitrogens with zero attached hydrogens (tertiary/aromatic N) is 4. The highest BCUT2D eigenvalue weighted by Gasteiger charge is 2.38. The smallest absolute Gasteiger partial charge is 0.243 e. The molecule has 2 aliphatic heterocycles. The molecule has 0 spiro atoms. The molecule has 2 aliphatic rings. The first-order chi connectivity index (χ1) is 14.4. The summed E-state index contributed by atoms with van der Waals surface area (Å²) in [7, 11) is -3.57. The standard InChI is InChI=1S/C21H25ClN4O3S/c1-16-13-18(4-5-19(16)22)30(28,29)26-11-9-24(10-12-26)20-6-8-25(21(20)27)15-17-3-2-7-23-14-17/h2-5,7,13-14,20H,6,8-12,15H2,1H3. The fourth-order valence-corrected chi connectivity index (χ4v) is 5.74. The quantitative estimate of drug-likeness (QED) is 0.700. The Bertz CT molecular complexity index is 1020. The minimum atomic E-state index is -3.57. The predicted octanol–water partition coefficient (Wildman–Crippen LogP) is 2.15. The summed E-state index contributed by atoms with van der Waals surface area (Å²) in [6, 6.07) is 8.44. The number of pyridine rings is 1. The lowest BCUT2D eigenvalue weighted by Crippen LogP contribution is -2.53. The zero-order valence-electron chi connectivity index (χ0n) is 16.9. The van der Waals surface area contributed by atoms with E-state index in [1.807, 2.05) is 17.0 Å². The van der Waals surface area contributed by atoms with Crippen molar-refractivity contribution in [3.05, 3.63) is 58.9 Å². The minimum Gasteiger partial charge on any atom is -0.337 e. The summed E-state index contributed by atoms with van der Waals surface area (Å²) in [5, 5.41) is 0.550. The van der Waals surface area contributed by atoms with Crippen LogP contribution in [0.4, 0.5) is 0 Å². The zero-order chi connectivity index (χ0) is 21.3. The highest BCUT2D eigenvalue weighted by Crippen LogP contribution is 2.25. The predicted molar refractivity (Wildman–Crippen MR) is 115 cm³/mol. The Morgan fingerprint density at radius 2 is 1.90 bits per heavy atom. The van der Waals surface area contributed by atoms with Gasteiger partial charge in [0.05, 0.1) is 10.9 Å². The Hall–Kier alpha value is -2.00. The average Bonchev–Trinajstić information content (AvgIpc) is 3.11. The van der Waals surface area contributed by atoms with E-state index in [1.54, 1.807) is 37.5 Å². The van der Waals surface area contributed by atoms with Crippen LogP contribution in [0.5, 0.6) is 0 Å². The molecular weight excluding hydrogens is 424 g/mol. The number of sulfonamides is 1. The molecule has 1 atom stereocenters. The molecule has 9 heteroatoms. The summed E-state index contributed by atoms with van der Waals surface area (Å²) < 4.78 is 27.5. The molecule has 1 unspecified atom stereocenters. The van der Waals surface area contributed by atoms with Crippen LogP contribution in [0.25, 0.3) is 0 Å². The maximum atomic E-state index is 13.0. The van der Waals surface area contributed by atoms with Crippen molar-refractivity contribution >= 4 is 27.5 Å². The van der Waals surface area contributed by atoms with Crippen molar-refractivity contribution in [3.63, 3.8) is 0 Å². The van der Waals surface area contributed by atoms with Crippen molar-refractivity contribution in [1.82, 2.24) is 19.1 Å². The Kier molecular flexibility index (Phi) is 6.11. The molecule has 3 heterocycles. The Balaban J connectivity index is 1.37. The second-order valence-corrected chi connectivity index (χ2v) is 10.1. The van der Waals surface area contributed by atoms with Gasteiger partial charge in [-0.25, -0.2) is 8.42 Å². The molecule has 4 rings (SSSR count). The maximum absolute atomic E-state index is 13.0. The second-order valence-electron chi connectivity index (χ2n) is 7.78. The molecule has 0 N–H and O–H groups in total. The first-order valence-corrected chi connectivity index (χ1v) is 11.9. The van der Waals surface area contributed by atoms with Gasteiger partial charge in [0.2, 0.25) is 15.9 Å². The van der Waals surface area contributed by atoms with E-state index < -0.39 is 10.0 Å². The molecule has 0 bridgehead atoms. The summed E-state index contributed by atoms with van der Waals surface area (Å²) in [4.78, 5) is 21.2. The van der Waals surface area contributed by atoms with Crippen LogP contribution in [-0.2, 0) is 21.4 Å². The van der Waals surface area contributed by atoms with Crippen LogP contribution in [0.1, 0.15) is 17.5 Å². The molecule has 1 aromatic carbocycles. The highest BCUT2D eigenvalue weighted by molar-refractivity contribution is 7.89. The number of carbonyl (C=O) groups is 1. The van der Waals surface area contributed by atoms with Crippen molar-refractivity contribution in [2.45, 2.75) is 30.8 Å². The number of aryl methyl sites for hydroxylation is 1. The van der Waals surface area contributed by atoms with Gasteiger partial charge >= 0.3 is 0 Å². The largest absolute Gasteiger partial charge is 0.337 e. The number of likely N-dealkylation sites (tertiary alicyclic amines) is 1. The molecule has 1 amide bonds. The zero-order valence-corrected chi connectivity index (χ0v) is 18.4. The van der Waals surface area contributed by atoms with Gasteiger partial charge in [-0.05, 0) is 48.7 Å². The number of hydrogen-bond acceptors (Lipinski definition) is 5. The highest BCUT2D eigenvalue weighted by atomic mass is 35.5. The van der Waals surface area contributed by atoms with Crippen molar-refractivity contribution in [2.75, 3.05) is 32.7 Å². The topological polar surface area (TPSA) is 73.8 Å². The Morgan fingerprint density at radius 1 is 1.13 bits per heavy atom. The normalized spacial score (nSPS) is 21.3. The lowest BCUT2D eigenvalue weighted by molar-refractivity contribution is -0.133. The van der Waals surface area contributed by atoms with Gasteiger partial charge in [-0.3, -0.25) is 14.7 Å². The van der Waals surface area contributed by atoms with E-state index in [0.717, 1.165) is 17.5 Å². The monoisotopic (exact) mass is 448 g/mol. The van der Waals surface area contributed by atoms with E-state index in [1.165, 1.54) is 4.31 Å². The summed E-state index contributed by atoms with van der Waals surface area (Å²) in [6.07, 6.45) is 4.27. The van der Waals surface area contributed by atoms with Gasteiger partial charge in [0.15, 0.2) is 0 Å². The molecule has 7 nitrogen and oxygen atoms in total. The van der Waals surface area contributed by atoms with Gasteiger partial charge in [-0.15, -0.1) is 0 Å². The summed E-state index contributed by atoms with van der Waals surface area (Å²) in [5.74, 6) is 0.114. The molecule has 2 fully saturated rings. The van der Waals surface area contributed by atoms with Gasteiger partial charge < -0.3 is 4.90 Å². The van der Waals surface area contributed by atoms with Crippen molar-refractivity contribution < 1.29 is 13.2 Å². The number of piperazine rings is 1. The van der Waals surface area contributed by atoms with E-state index in [-0.39, 0.29) is 16.8 Å². The molecule has 0 aliphatic carbocycles. The van der Waals surface area contributed by atoms with E-state index in [4.69, 9.17) is 11.6 Å². The summed E-state index contributed by atoms with van der Waals surface area (Å²) >= 11 is 6.03. The minimum absolute atomic E-state index is 0.114. The number of rotatable bonds is 5. The fraction of sp³-hybridized carbons (Fsp3) is 0.429. The van der Waals surface area contributed by atoms with Gasteiger partial charge in [-0.1, -0.05) is 17.7 Å². The second kappa shape index (κ2) is 8.63. The molecule has 160 valence electrons. The lowest BCUT2D eigenvalue weighted by atomic mass is 10.2. The van der Waals surface area contributed by atoms with Crippen LogP contribution >= 0.6 is 11.6 Å².